The Balaban J connectivity index is 1.29. The van der Waals surface area contributed by atoms with Gasteiger partial charge in [-0.15, -0.1) is 0 Å². The molecular weight excluding hydrogens is 576 g/mol. The van der Waals surface area contributed by atoms with Crippen molar-refractivity contribution in [2.24, 2.45) is 11.8 Å². The number of amides is 1. The third kappa shape index (κ3) is 5.31. The maximum absolute atomic E-state index is 13.2. The van der Waals surface area contributed by atoms with Gasteiger partial charge >= 0.3 is 0 Å². The van der Waals surface area contributed by atoms with Crippen LogP contribution in [0.5, 0.6) is 5.75 Å². The SMILES string of the molecule is O=C1NS(=O)(=O)CCCC2(O)CCO[C@@H](C2)[C@@H]2CC[C@H]2CN2C[C@@]3(CCCc4cc(Cl)ccc43)COc3ccc1cc32. The van der Waals surface area contributed by atoms with E-state index in [1.54, 1.807) is 18.2 Å². The molecule has 2 aromatic carbocycles. The number of carbonyl (C=O) groups excluding carboxylic acids is 1. The molecule has 2 aromatic rings. The number of halogens is 1. The smallest absolute Gasteiger partial charge is 0.264 e. The van der Waals surface area contributed by atoms with Crippen LogP contribution >= 0.6 is 11.6 Å². The van der Waals surface area contributed by atoms with Crippen molar-refractivity contribution in [3.63, 3.8) is 0 Å². The second-order valence-corrected chi connectivity index (χ2v) is 15.5. The summed E-state index contributed by atoms with van der Waals surface area (Å²) in [4.78, 5) is 15.6. The molecule has 3 heterocycles. The van der Waals surface area contributed by atoms with Crippen molar-refractivity contribution >= 4 is 33.2 Å². The van der Waals surface area contributed by atoms with Gasteiger partial charge in [-0.05, 0) is 105 Å². The van der Waals surface area contributed by atoms with E-state index in [9.17, 15) is 18.3 Å². The molecule has 226 valence electrons. The number of nitrogens with one attached hydrogen (secondary N) is 1. The number of aliphatic hydroxyl groups is 1. The summed E-state index contributed by atoms with van der Waals surface area (Å²) in [6.45, 7) is 2.47. The number of sulfonamides is 1. The zero-order valence-corrected chi connectivity index (χ0v) is 25.4. The van der Waals surface area contributed by atoms with E-state index in [4.69, 9.17) is 21.1 Å². The number of nitrogens with zero attached hydrogens (tertiary/aromatic N) is 1. The van der Waals surface area contributed by atoms with Crippen LogP contribution in [0.1, 0.15) is 72.9 Å². The molecule has 8 nitrogen and oxygen atoms in total. The Labute approximate surface area is 252 Å². The number of benzene rings is 2. The fraction of sp³-hybridized carbons (Fsp3) is 0.594. The number of rotatable bonds is 0. The molecule has 0 aromatic heterocycles. The lowest BCUT2D eigenvalue weighted by molar-refractivity contribution is -0.144. The first kappa shape index (κ1) is 28.4. The van der Waals surface area contributed by atoms with Crippen LogP contribution < -0.4 is 14.4 Å². The Morgan fingerprint density at radius 2 is 1.95 bits per heavy atom. The van der Waals surface area contributed by atoms with Crippen molar-refractivity contribution in [1.29, 1.82) is 0 Å². The average Bonchev–Trinajstić information content (AvgIpc) is 3.07. The van der Waals surface area contributed by atoms with Gasteiger partial charge in [0, 0.05) is 42.1 Å². The predicted octanol–water partition coefficient (Wildman–Crippen LogP) is 4.60. The average molecular weight is 615 g/mol. The lowest BCUT2D eigenvalue weighted by Gasteiger charge is -2.49. The van der Waals surface area contributed by atoms with E-state index < -0.39 is 21.5 Å². The minimum atomic E-state index is -3.87. The molecule has 1 spiro atoms. The van der Waals surface area contributed by atoms with Crippen LogP contribution in [0.2, 0.25) is 5.02 Å². The standard InChI is InChI=1S/C32H39ClN2O6S/c33-24-6-8-26-21(15-24)3-1-10-31(26)19-35-18-23-4-7-25(23)29-17-32(37,12-13-40-29)11-2-14-42(38,39)34-30(36)22-5-9-28(41-20-31)27(35)16-22/h5-6,8-9,15-16,23,25,29,37H,1-4,7,10-14,17-20H2,(H,34,36)/t23-,25+,29-,31-,32?/m0/s1. The van der Waals surface area contributed by atoms with Gasteiger partial charge in [0.25, 0.3) is 5.91 Å². The van der Waals surface area contributed by atoms with Crippen molar-refractivity contribution in [2.45, 2.75) is 74.9 Å². The summed E-state index contributed by atoms with van der Waals surface area (Å²) in [5.74, 6) is 0.533. The number of fused-ring (bicyclic) bond motifs is 7. The zero-order chi connectivity index (χ0) is 29.1. The van der Waals surface area contributed by atoms with Gasteiger partial charge in [0.1, 0.15) is 5.75 Å². The van der Waals surface area contributed by atoms with Gasteiger partial charge in [-0.2, -0.15) is 0 Å². The van der Waals surface area contributed by atoms with Crippen LogP contribution in [0.15, 0.2) is 36.4 Å². The van der Waals surface area contributed by atoms with Crippen LogP contribution in [0.4, 0.5) is 5.69 Å². The van der Waals surface area contributed by atoms with Crippen LogP contribution in [0.25, 0.3) is 0 Å². The van der Waals surface area contributed by atoms with Gasteiger partial charge in [-0.3, -0.25) is 4.79 Å². The molecular formula is C32H39ClN2O6S. The van der Waals surface area contributed by atoms with E-state index in [2.05, 4.69) is 21.8 Å². The Bertz CT molecular complexity index is 1500. The van der Waals surface area contributed by atoms with Gasteiger partial charge in [0.15, 0.2) is 0 Å². The molecule has 2 aliphatic carbocycles. The highest BCUT2D eigenvalue weighted by molar-refractivity contribution is 7.90. The van der Waals surface area contributed by atoms with E-state index >= 15 is 0 Å². The highest BCUT2D eigenvalue weighted by Gasteiger charge is 2.47. The second-order valence-electron chi connectivity index (χ2n) is 13.2. The van der Waals surface area contributed by atoms with Crippen LogP contribution in [-0.4, -0.2) is 63.2 Å². The number of aryl methyl sites for hydroxylation is 1. The van der Waals surface area contributed by atoms with Crippen molar-refractivity contribution < 1.29 is 27.8 Å². The van der Waals surface area contributed by atoms with Gasteiger partial charge in [0.2, 0.25) is 10.0 Å². The number of hydrogen-bond acceptors (Lipinski definition) is 7. The molecule has 5 atom stereocenters. The summed E-state index contributed by atoms with van der Waals surface area (Å²) in [6.07, 6.45) is 6.73. The molecule has 1 amide bonds. The maximum Gasteiger partial charge on any atom is 0.264 e. The molecule has 2 N–H and O–H groups in total. The van der Waals surface area contributed by atoms with E-state index in [1.165, 1.54) is 11.1 Å². The number of hydrogen-bond donors (Lipinski definition) is 2. The molecule has 2 fully saturated rings. The van der Waals surface area contributed by atoms with Gasteiger partial charge in [-0.1, -0.05) is 17.7 Å². The molecule has 1 saturated carbocycles. The minimum Gasteiger partial charge on any atom is -0.490 e. The van der Waals surface area contributed by atoms with Gasteiger partial charge < -0.3 is 19.5 Å². The summed E-state index contributed by atoms with van der Waals surface area (Å²) in [6, 6.07) is 11.4. The zero-order valence-electron chi connectivity index (χ0n) is 23.8. The maximum atomic E-state index is 13.2. The first-order chi connectivity index (χ1) is 20.1. The van der Waals surface area contributed by atoms with E-state index in [0.717, 1.165) is 55.9 Å². The summed E-state index contributed by atoms with van der Waals surface area (Å²) in [5.41, 5.74) is 2.44. The predicted molar refractivity (Wildman–Crippen MR) is 161 cm³/mol. The number of anilines is 1. The van der Waals surface area contributed by atoms with Crippen molar-refractivity contribution in [1.82, 2.24) is 4.72 Å². The molecule has 42 heavy (non-hydrogen) atoms. The summed E-state index contributed by atoms with van der Waals surface area (Å²) in [5, 5.41) is 12.2. The minimum absolute atomic E-state index is 0.0488. The third-order valence-electron chi connectivity index (χ3n) is 10.5. The molecule has 5 aliphatic rings. The van der Waals surface area contributed by atoms with Crippen molar-refractivity contribution in [3.05, 3.63) is 58.1 Å². The lowest BCUT2D eigenvalue weighted by Crippen LogP contribution is -2.52. The Kier molecular flexibility index (Phi) is 7.23. The Hall–Kier alpha value is -2.33. The van der Waals surface area contributed by atoms with E-state index in [-0.39, 0.29) is 29.3 Å². The largest absolute Gasteiger partial charge is 0.490 e. The van der Waals surface area contributed by atoms with Gasteiger partial charge in [0.05, 0.1) is 29.8 Å². The van der Waals surface area contributed by atoms with Crippen molar-refractivity contribution in [3.8, 4) is 5.75 Å². The third-order valence-corrected chi connectivity index (χ3v) is 12.0. The molecule has 1 unspecified atom stereocenters. The van der Waals surface area contributed by atoms with E-state index in [0.29, 0.717) is 50.1 Å². The number of ether oxygens (including phenoxy) is 2. The second kappa shape index (κ2) is 10.7. The monoisotopic (exact) mass is 614 g/mol. The Morgan fingerprint density at radius 3 is 2.79 bits per heavy atom. The Morgan fingerprint density at radius 1 is 1.07 bits per heavy atom. The summed E-state index contributed by atoms with van der Waals surface area (Å²) in [7, 11) is -3.87. The van der Waals surface area contributed by atoms with Crippen LogP contribution in [0, 0.1) is 11.8 Å². The normalized spacial score (nSPS) is 34.2. The number of carbonyl (C=O) groups is 1. The summed E-state index contributed by atoms with van der Waals surface area (Å²) >= 11 is 6.40. The molecule has 10 heteroatoms. The molecule has 1 saturated heterocycles. The first-order valence-electron chi connectivity index (χ1n) is 15.3. The quantitative estimate of drug-likeness (QED) is 0.447. The molecule has 0 radical (unpaired) electrons. The molecule has 3 aliphatic heterocycles. The topological polar surface area (TPSA) is 105 Å². The molecule has 7 rings (SSSR count). The molecule has 4 bridgehead atoms. The lowest BCUT2D eigenvalue weighted by atomic mass is 9.66. The highest BCUT2D eigenvalue weighted by atomic mass is 35.5. The van der Waals surface area contributed by atoms with Gasteiger partial charge in [-0.25, -0.2) is 13.1 Å². The fourth-order valence-electron chi connectivity index (χ4n) is 8.13. The first-order valence-corrected chi connectivity index (χ1v) is 17.3. The van der Waals surface area contributed by atoms with Crippen molar-refractivity contribution in [2.75, 3.05) is 37.0 Å². The van der Waals surface area contributed by atoms with E-state index in [1.807, 2.05) is 6.07 Å². The van der Waals surface area contributed by atoms with Crippen LogP contribution in [-0.2, 0) is 26.6 Å². The fourth-order valence-corrected chi connectivity index (χ4v) is 9.35. The van der Waals surface area contributed by atoms with Crippen LogP contribution in [0.3, 0.4) is 0 Å². The highest BCUT2D eigenvalue weighted by Crippen LogP contribution is 2.48. The summed E-state index contributed by atoms with van der Waals surface area (Å²) < 4.78 is 40.8.